The first kappa shape index (κ1) is 9.67. The Hall–Kier alpha value is -1.42. The van der Waals surface area contributed by atoms with Gasteiger partial charge in [-0.2, -0.15) is 0 Å². The van der Waals surface area contributed by atoms with Crippen molar-refractivity contribution >= 4 is 0 Å². The van der Waals surface area contributed by atoms with Crippen LogP contribution in [-0.2, 0) is 0 Å². The van der Waals surface area contributed by atoms with Crippen LogP contribution in [0.2, 0.25) is 0 Å². The Balaban J connectivity index is 3.00. The second-order valence-electron chi connectivity index (χ2n) is 3.20. The van der Waals surface area contributed by atoms with Crippen molar-refractivity contribution in [3.8, 4) is 18.1 Å². The van der Waals surface area contributed by atoms with Crippen LogP contribution in [-0.4, -0.2) is 6.61 Å². The molecule has 0 N–H and O–H groups in total. The van der Waals surface area contributed by atoms with Crippen molar-refractivity contribution in [2.24, 2.45) is 0 Å². The molecule has 0 bridgehead atoms. The molecule has 0 aliphatic carbocycles. The van der Waals surface area contributed by atoms with E-state index < -0.39 is 0 Å². The molecule has 68 valence electrons. The van der Waals surface area contributed by atoms with E-state index in [0.29, 0.717) is 6.61 Å². The predicted molar refractivity (Wildman–Crippen MR) is 55.0 cm³/mol. The number of hydrogen-bond acceptors (Lipinski definition) is 1. The molecule has 0 aliphatic heterocycles. The summed E-state index contributed by atoms with van der Waals surface area (Å²) in [6.45, 7) is 6.50. The second-order valence-corrected chi connectivity index (χ2v) is 3.20. The number of rotatable bonds is 2. The summed E-state index contributed by atoms with van der Waals surface area (Å²) in [7, 11) is 0. The molecule has 0 atom stereocenters. The normalized spacial score (nSPS) is 9.38. The van der Waals surface area contributed by atoms with E-state index in [2.05, 4.69) is 25.8 Å². The molecule has 0 heterocycles. The molecule has 13 heavy (non-hydrogen) atoms. The van der Waals surface area contributed by atoms with Crippen LogP contribution in [0.3, 0.4) is 0 Å². The number of ether oxygens (including phenoxy) is 1. The van der Waals surface area contributed by atoms with Crippen LogP contribution in [0, 0.1) is 33.1 Å². The molecule has 0 aliphatic rings. The summed E-state index contributed by atoms with van der Waals surface area (Å²) < 4.78 is 5.41. The molecule has 0 saturated carbocycles. The van der Waals surface area contributed by atoms with Gasteiger partial charge in [0.05, 0.1) is 0 Å². The van der Waals surface area contributed by atoms with Crippen molar-refractivity contribution in [3.05, 3.63) is 28.8 Å². The lowest BCUT2D eigenvalue weighted by atomic mass is 10.1. The Morgan fingerprint density at radius 1 is 1.31 bits per heavy atom. The van der Waals surface area contributed by atoms with E-state index in [-0.39, 0.29) is 0 Å². The minimum Gasteiger partial charge on any atom is -0.481 e. The Labute approximate surface area is 79.7 Å². The van der Waals surface area contributed by atoms with Crippen LogP contribution in [0.5, 0.6) is 5.75 Å². The Morgan fingerprint density at radius 3 is 2.62 bits per heavy atom. The topological polar surface area (TPSA) is 9.23 Å². The highest BCUT2D eigenvalue weighted by Crippen LogP contribution is 2.22. The van der Waals surface area contributed by atoms with Crippen molar-refractivity contribution < 1.29 is 4.74 Å². The highest BCUT2D eigenvalue weighted by Gasteiger charge is 2.02. The number of benzene rings is 1. The zero-order chi connectivity index (χ0) is 9.84. The van der Waals surface area contributed by atoms with Gasteiger partial charge in [0.2, 0.25) is 0 Å². The minimum atomic E-state index is 0.337. The van der Waals surface area contributed by atoms with Crippen molar-refractivity contribution in [2.45, 2.75) is 20.8 Å². The summed E-state index contributed by atoms with van der Waals surface area (Å²) in [4.78, 5) is 0. The van der Waals surface area contributed by atoms with Crippen molar-refractivity contribution in [2.75, 3.05) is 6.61 Å². The van der Waals surface area contributed by atoms with Crippen molar-refractivity contribution in [3.63, 3.8) is 0 Å². The van der Waals surface area contributed by atoms with Gasteiger partial charge in [-0.15, -0.1) is 6.42 Å². The molecule has 0 radical (unpaired) electrons. The van der Waals surface area contributed by atoms with E-state index in [9.17, 15) is 0 Å². The summed E-state index contributed by atoms with van der Waals surface area (Å²) >= 11 is 0. The lowest BCUT2D eigenvalue weighted by molar-refractivity contribution is 0.367. The number of terminal acetylenes is 1. The molecule has 1 heteroatoms. The Kier molecular flexibility index (Phi) is 2.97. The third-order valence-electron chi connectivity index (χ3n) is 2.08. The van der Waals surface area contributed by atoms with Gasteiger partial charge in [-0.05, 0) is 43.5 Å². The molecule has 0 fully saturated rings. The second kappa shape index (κ2) is 4.00. The van der Waals surface area contributed by atoms with Gasteiger partial charge in [0, 0.05) is 0 Å². The van der Waals surface area contributed by atoms with Gasteiger partial charge in [-0.3, -0.25) is 0 Å². The van der Waals surface area contributed by atoms with Gasteiger partial charge < -0.3 is 4.74 Å². The van der Waals surface area contributed by atoms with Gasteiger partial charge in [0.25, 0.3) is 0 Å². The molecule has 1 aromatic carbocycles. The maximum absolute atomic E-state index is 5.41. The van der Waals surface area contributed by atoms with Gasteiger partial charge in [-0.1, -0.05) is 12.0 Å². The SMILES string of the molecule is C#CCOc1cc(C)cc(C)c1C. The van der Waals surface area contributed by atoms with E-state index in [1.165, 1.54) is 16.7 Å². The highest BCUT2D eigenvalue weighted by atomic mass is 16.5. The molecule has 1 aromatic rings. The third kappa shape index (κ3) is 2.26. The van der Waals surface area contributed by atoms with Gasteiger partial charge in [-0.25, -0.2) is 0 Å². The molecular weight excluding hydrogens is 160 g/mol. The average molecular weight is 174 g/mol. The van der Waals surface area contributed by atoms with E-state index >= 15 is 0 Å². The average Bonchev–Trinajstić information content (AvgIpc) is 2.09. The van der Waals surface area contributed by atoms with E-state index in [1.54, 1.807) is 0 Å². The van der Waals surface area contributed by atoms with Crippen LogP contribution >= 0.6 is 0 Å². The minimum absolute atomic E-state index is 0.337. The molecule has 0 unspecified atom stereocenters. The number of hydrogen-bond donors (Lipinski definition) is 0. The zero-order valence-corrected chi connectivity index (χ0v) is 8.35. The van der Waals surface area contributed by atoms with E-state index in [0.717, 1.165) is 5.75 Å². The molecule has 1 nitrogen and oxygen atoms in total. The summed E-state index contributed by atoms with van der Waals surface area (Å²) in [5, 5.41) is 0. The van der Waals surface area contributed by atoms with Crippen molar-refractivity contribution in [1.29, 1.82) is 0 Å². The first-order valence-corrected chi connectivity index (χ1v) is 4.29. The van der Waals surface area contributed by atoms with E-state index in [1.807, 2.05) is 13.0 Å². The first-order chi connectivity index (χ1) is 6.15. The van der Waals surface area contributed by atoms with Crippen LogP contribution in [0.1, 0.15) is 16.7 Å². The standard InChI is InChI=1S/C12H14O/c1-5-6-13-12-8-9(2)7-10(3)11(12)4/h1,7-8H,6H2,2-4H3. The predicted octanol–water partition coefficient (Wildman–Crippen LogP) is 2.62. The fourth-order valence-corrected chi connectivity index (χ4v) is 1.27. The molecule has 0 amide bonds. The smallest absolute Gasteiger partial charge is 0.148 e. The summed E-state index contributed by atoms with van der Waals surface area (Å²) in [5.74, 6) is 3.36. The molecule has 0 saturated heterocycles. The molecule has 0 aromatic heterocycles. The fraction of sp³-hybridized carbons (Fsp3) is 0.333. The first-order valence-electron chi connectivity index (χ1n) is 4.29. The van der Waals surface area contributed by atoms with Crippen LogP contribution < -0.4 is 4.74 Å². The number of aryl methyl sites for hydroxylation is 2. The van der Waals surface area contributed by atoms with Crippen LogP contribution in [0.25, 0.3) is 0 Å². The van der Waals surface area contributed by atoms with E-state index in [4.69, 9.17) is 11.2 Å². The maximum Gasteiger partial charge on any atom is 0.148 e. The zero-order valence-electron chi connectivity index (χ0n) is 8.35. The Bertz CT molecular complexity index is 345. The van der Waals surface area contributed by atoms with Crippen molar-refractivity contribution in [1.82, 2.24) is 0 Å². The largest absolute Gasteiger partial charge is 0.481 e. The van der Waals surface area contributed by atoms with Gasteiger partial charge in [0.15, 0.2) is 0 Å². The monoisotopic (exact) mass is 174 g/mol. The lowest BCUT2D eigenvalue weighted by Gasteiger charge is -2.09. The van der Waals surface area contributed by atoms with Gasteiger partial charge >= 0.3 is 0 Å². The fourth-order valence-electron chi connectivity index (χ4n) is 1.27. The van der Waals surface area contributed by atoms with Crippen LogP contribution in [0.15, 0.2) is 12.1 Å². The summed E-state index contributed by atoms with van der Waals surface area (Å²) in [6.07, 6.45) is 5.13. The maximum atomic E-state index is 5.41. The lowest BCUT2D eigenvalue weighted by Crippen LogP contribution is -1.97. The molecule has 1 rings (SSSR count). The third-order valence-corrected chi connectivity index (χ3v) is 2.08. The Morgan fingerprint density at radius 2 is 2.00 bits per heavy atom. The quantitative estimate of drug-likeness (QED) is 0.626. The van der Waals surface area contributed by atoms with Crippen LogP contribution in [0.4, 0.5) is 0 Å². The highest BCUT2D eigenvalue weighted by molar-refractivity contribution is 5.42. The summed E-state index contributed by atoms with van der Waals surface area (Å²) in [5.41, 5.74) is 3.61. The van der Waals surface area contributed by atoms with Gasteiger partial charge in [0.1, 0.15) is 12.4 Å². The summed E-state index contributed by atoms with van der Waals surface area (Å²) in [6, 6.07) is 4.15. The molecular formula is C12H14O. The molecule has 0 spiro atoms.